The first-order chi connectivity index (χ1) is 20.8. The number of rotatable bonds is 8. The number of carboxylic acid groups (broad SMARTS) is 1. The van der Waals surface area contributed by atoms with E-state index in [-0.39, 0.29) is 45.5 Å². The number of allylic oxidation sites excluding steroid dienone is 1. The fraction of sp³-hybridized carbons (Fsp3) is 0.868. The van der Waals surface area contributed by atoms with Crippen molar-refractivity contribution in [2.45, 2.75) is 132 Å². The van der Waals surface area contributed by atoms with Gasteiger partial charge in [-0.2, -0.15) is 0 Å². The smallest absolute Gasteiger partial charge is 0.309 e. The second kappa shape index (κ2) is 11.4. The summed E-state index contributed by atoms with van der Waals surface area (Å²) in [6.07, 6.45) is 10.1. The van der Waals surface area contributed by atoms with Crippen LogP contribution < -0.4 is 11.1 Å². The van der Waals surface area contributed by atoms with Crippen LogP contribution in [0.5, 0.6) is 0 Å². The van der Waals surface area contributed by atoms with Gasteiger partial charge in [-0.25, -0.2) is 0 Å². The van der Waals surface area contributed by atoms with E-state index >= 15 is 0 Å². The first-order valence-corrected chi connectivity index (χ1v) is 17.9. The third-order valence-electron chi connectivity index (χ3n) is 15.3. The van der Waals surface area contributed by atoms with Gasteiger partial charge in [-0.1, -0.05) is 46.8 Å². The monoisotopic (exact) mass is 626 g/mol. The molecule has 5 aliphatic carbocycles. The van der Waals surface area contributed by atoms with Crippen molar-refractivity contribution in [3.8, 4) is 0 Å². The van der Waals surface area contributed by atoms with Gasteiger partial charge in [0.15, 0.2) is 0 Å². The van der Waals surface area contributed by atoms with Crippen LogP contribution in [0.1, 0.15) is 126 Å². The second-order valence-corrected chi connectivity index (χ2v) is 18.1. The molecule has 0 aromatic carbocycles. The van der Waals surface area contributed by atoms with Crippen LogP contribution in [0.4, 0.5) is 0 Å². The van der Waals surface area contributed by atoms with Crippen molar-refractivity contribution >= 4 is 17.8 Å². The number of carbonyl (C=O) groups excluding carboxylic acids is 2. The van der Waals surface area contributed by atoms with Gasteiger partial charge >= 0.3 is 11.9 Å². The summed E-state index contributed by atoms with van der Waals surface area (Å²) in [6, 6.07) is 0. The van der Waals surface area contributed by atoms with Gasteiger partial charge in [0.1, 0.15) is 6.10 Å². The normalized spacial score (nSPS) is 43.6. The largest absolute Gasteiger partial charge is 0.481 e. The maximum absolute atomic E-state index is 13.9. The van der Waals surface area contributed by atoms with Gasteiger partial charge in [0.05, 0.1) is 17.3 Å². The fourth-order valence-corrected chi connectivity index (χ4v) is 12.7. The van der Waals surface area contributed by atoms with Gasteiger partial charge in [0, 0.05) is 18.5 Å². The summed E-state index contributed by atoms with van der Waals surface area (Å²) < 4.78 is 6.14. The highest BCUT2D eigenvalue weighted by Gasteiger charge is 2.72. The second-order valence-electron chi connectivity index (χ2n) is 18.1. The van der Waals surface area contributed by atoms with Crippen molar-refractivity contribution in [2.24, 2.45) is 67.8 Å². The molecule has 5 saturated carbocycles. The van der Waals surface area contributed by atoms with Gasteiger partial charge in [0.2, 0.25) is 5.91 Å². The van der Waals surface area contributed by atoms with Crippen LogP contribution in [0.25, 0.3) is 0 Å². The molecule has 0 bridgehead atoms. The Labute approximate surface area is 272 Å². The molecule has 7 nitrogen and oxygen atoms in total. The number of ether oxygens (including phenoxy) is 1. The first-order valence-electron chi connectivity index (χ1n) is 17.9. The Morgan fingerprint density at radius 3 is 2.22 bits per heavy atom. The Morgan fingerprint density at radius 2 is 1.60 bits per heavy atom. The Bertz CT molecular complexity index is 1230. The van der Waals surface area contributed by atoms with Crippen molar-refractivity contribution < 1.29 is 24.2 Å². The van der Waals surface area contributed by atoms with Crippen LogP contribution in [-0.2, 0) is 19.1 Å². The summed E-state index contributed by atoms with van der Waals surface area (Å²) in [5.41, 5.74) is 5.82. The van der Waals surface area contributed by atoms with Crippen LogP contribution in [0.3, 0.4) is 0 Å². The van der Waals surface area contributed by atoms with E-state index < -0.39 is 17.4 Å². The number of hydrogen-bond acceptors (Lipinski definition) is 5. The lowest BCUT2D eigenvalue weighted by Crippen LogP contribution is -2.67. The highest BCUT2D eigenvalue weighted by molar-refractivity contribution is 5.84. The van der Waals surface area contributed by atoms with E-state index in [2.05, 4.69) is 53.4 Å². The number of amides is 1. The topological polar surface area (TPSA) is 119 Å². The van der Waals surface area contributed by atoms with E-state index in [1.165, 1.54) is 12.0 Å². The number of hydrogen-bond donors (Lipinski definition) is 3. The zero-order chi connectivity index (χ0) is 33.4. The Kier molecular flexibility index (Phi) is 8.70. The molecule has 0 radical (unpaired) electrons. The molecule has 0 aromatic rings. The zero-order valence-electron chi connectivity index (χ0n) is 29.5. The number of nitrogens with one attached hydrogen (secondary N) is 1. The van der Waals surface area contributed by atoms with Gasteiger partial charge in [-0.05, 0) is 131 Å². The third kappa shape index (κ3) is 5.03. The molecule has 0 heterocycles. The molecular formula is C38H62N2O5. The SMILES string of the molecule is C=C(C)C1CC[C@]2(C(=O)NCCN)CC[C@]3(C)C(CCC4[C@@]5(C)CC[C@H](OC(=O)CC(C)(C)C(=O)O)C(C)(C)C5CC[C@]43C)C12. The number of carbonyl (C=O) groups is 3. The van der Waals surface area contributed by atoms with Gasteiger partial charge in [0.25, 0.3) is 0 Å². The maximum atomic E-state index is 13.9. The number of carboxylic acids is 1. The minimum atomic E-state index is -1.14. The maximum Gasteiger partial charge on any atom is 0.309 e. The molecule has 0 aromatic heterocycles. The van der Waals surface area contributed by atoms with Crippen molar-refractivity contribution in [1.82, 2.24) is 5.32 Å². The standard InChI is InChI=1S/C38H62N2O5/c1-23(2)24-12-17-38(31(42)40-21-20-39)19-18-36(8)25(30(24)38)10-11-27-35(7)15-14-28(45-29(41)22-33(3,4)32(43)44)34(5,6)26(35)13-16-37(27,36)9/h24-28,30H,1,10-22,39H2,2-9H3,(H,40,42)(H,43,44)/t24?,25?,26?,27?,28-,30?,35-,36+,37+,38-/m0/s1. The third-order valence-corrected chi connectivity index (χ3v) is 15.3. The number of aliphatic carboxylic acids is 1. The molecule has 10 atom stereocenters. The Hall–Kier alpha value is -1.89. The number of nitrogens with two attached hydrogens (primary N) is 1. The van der Waals surface area contributed by atoms with Crippen LogP contribution in [0.15, 0.2) is 12.2 Å². The molecule has 5 unspecified atom stereocenters. The van der Waals surface area contributed by atoms with E-state index in [0.29, 0.717) is 42.7 Å². The molecule has 0 spiro atoms. The van der Waals surface area contributed by atoms with Gasteiger partial charge in [-0.15, -0.1) is 0 Å². The molecule has 7 heteroatoms. The zero-order valence-corrected chi connectivity index (χ0v) is 29.5. The van der Waals surface area contributed by atoms with Gasteiger partial charge < -0.3 is 20.9 Å². The first kappa shape index (κ1) is 34.4. The molecule has 4 N–H and O–H groups in total. The van der Waals surface area contributed by atoms with E-state index in [0.717, 1.165) is 57.8 Å². The predicted octanol–water partition coefficient (Wildman–Crippen LogP) is 7.13. The molecular weight excluding hydrogens is 564 g/mol. The van der Waals surface area contributed by atoms with E-state index in [1.54, 1.807) is 13.8 Å². The summed E-state index contributed by atoms with van der Waals surface area (Å²) in [5, 5.41) is 12.8. The lowest BCUT2D eigenvalue weighted by Gasteiger charge is -2.72. The summed E-state index contributed by atoms with van der Waals surface area (Å²) in [7, 11) is 0. The van der Waals surface area contributed by atoms with Crippen molar-refractivity contribution in [2.75, 3.05) is 13.1 Å². The summed E-state index contributed by atoms with van der Waals surface area (Å²) in [4.78, 5) is 38.6. The average Bonchev–Trinajstić information content (AvgIpc) is 3.34. The molecule has 5 rings (SSSR count). The minimum Gasteiger partial charge on any atom is -0.481 e. The van der Waals surface area contributed by atoms with Crippen molar-refractivity contribution in [3.63, 3.8) is 0 Å². The molecule has 5 aliphatic rings. The van der Waals surface area contributed by atoms with Crippen LogP contribution in [-0.4, -0.2) is 42.1 Å². The van der Waals surface area contributed by atoms with Crippen LogP contribution >= 0.6 is 0 Å². The fourth-order valence-electron chi connectivity index (χ4n) is 12.7. The summed E-state index contributed by atoms with van der Waals surface area (Å²) in [6.45, 7) is 23.1. The average molecular weight is 627 g/mol. The Morgan fingerprint density at radius 1 is 0.911 bits per heavy atom. The molecule has 254 valence electrons. The molecule has 0 saturated heterocycles. The lowest BCUT2D eigenvalue weighted by atomic mass is 9.32. The minimum absolute atomic E-state index is 0.116. The molecule has 45 heavy (non-hydrogen) atoms. The van der Waals surface area contributed by atoms with Crippen molar-refractivity contribution in [3.05, 3.63) is 12.2 Å². The van der Waals surface area contributed by atoms with Gasteiger partial charge in [-0.3, -0.25) is 14.4 Å². The molecule has 0 aliphatic heterocycles. The number of fused-ring (bicyclic) bond motifs is 7. The summed E-state index contributed by atoms with van der Waals surface area (Å²) in [5.74, 6) is 1.04. The highest BCUT2D eigenvalue weighted by Crippen LogP contribution is 2.77. The molecule has 5 fully saturated rings. The molecule has 1 amide bonds. The van der Waals surface area contributed by atoms with E-state index in [4.69, 9.17) is 10.5 Å². The van der Waals surface area contributed by atoms with Crippen LogP contribution in [0.2, 0.25) is 0 Å². The summed E-state index contributed by atoms with van der Waals surface area (Å²) >= 11 is 0. The lowest BCUT2D eigenvalue weighted by molar-refractivity contribution is -0.249. The van der Waals surface area contributed by atoms with Crippen molar-refractivity contribution in [1.29, 1.82) is 0 Å². The highest BCUT2D eigenvalue weighted by atomic mass is 16.5. The van der Waals surface area contributed by atoms with E-state index in [9.17, 15) is 19.5 Å². The number of esters is 1. The van der Waals surface area contributed by atoms with E-state index in [1.807, 2.05) is 0 Å². The van der Waals surface area contributed by atoms with Crippen LogP contribution in [0, 0.1) is 62.1 Å². The Balaban J connectivity index is 1.42. The predicted molar refractivity (Wildman–Crippen MR) is 177 cm³/mol. The quantitative estimate of drug-likeness (QED) is 0.195.